The van der Waals surface area contributed by atoms with Crippen LogP contribution in [0.5, 0.6) is 0 Å². The largest absolute Gasteiger partial charge is 0.440 e. The molecule has 2 aromatic heterocycles. The number of piperazine rings is 1. The molecule has 3 heterocycles. The first-order chi connectivity index (χ1) is 15.4. The first-order valence-electron chi connectivity index (χ1n) is 10.8. The number of benzene rings is 1. The Hall–Kier alpha value is -2.49. The standard InChI is InChI=1S/C23H25N3O4S2/c1-16-20(24-23(30-16)21-6-3-13-31-21)15-22(27)25-9-11-26(12-10-25)32(28,29)19-8-7-17-4-2-5-18(17)14-19/h3,6-8,13-14H,2,4-5,9-12,15H2,1H3. The molecule has 1 aromatic carbocycles. The van der Waals surface area contributed by atoms with Crippen LogP contribution in [0.1, 0.15) is 29.0 Å². The van der Waals surface area contributed by atoms with E-state index in [0.29, 0.717) is 48.4 Å². The van der Waals surface area contributed by atoms with Gasteiger partial charge in [0.1, 0.15) is 5.76 Å². The smallest absolute Gasteiger partial charge is 0.243 e. The second-order valence-electron chi connectivity index (χ2n) is 8.24. The van der Waals surface area contributed by atoms with E-state index in [0.717, 1.165) is 29.7 Å². The van der Waals surface area contributed by atoms with Crippen molar-refractivity contribution in [2.75, 3.05) is 26.2 Å². The number of hydrogen-bond acceptors (Lipinski definition) is 6. The zero-order valence-electron chi connectivity index (χ0n) is 17.9. The highest BCUT2D eigenvalue weighted by Crippen LogP contribution is 2.28. The molecule has 1 aliphatic carbocycles. The number of carbonyl (C=O) groups excluding carboxylic acids is 1. The second kappa shape index (κ2) is 8.46. The first-order valence-corrected chi connectivity index (χ1v) is 13.1. The Balaban J connectivity index is 1.22. The molecule has 1 aliphatic heterocycles. The van der Waals surface area contributed by atoms with Crippen LogP contribution < -0.4 is 0 Å². The minimum Gasteiger partial charge on any atom is -0.440 e. The molecule has 9 heteroatoms. The lowest BCUT2D eigenvalue weighted by Crippen LogP contribution is -2.50. The summed E-state index contributed by atoms with van der Waals surface area (Å²) in [6.07, 6.45) is 3.20. The van der Waals surface area contributed by atoms with Crippen LogP contribution in [0.4, 0.5) is 0 Å². The Morgan fingerprint density at radius 3 is 2.66 bits per heavy atom. The van der Waals surface area contributed by atoms with E-state index in [-0.39, 0.29) is 12.3 Å². The van der Waals surface area contributed by atoms with Gasteiger partial charge in [0.15, 0.2) is 0 Å². The Bertz CT molecular complexity index is 1240. The van der Waals surface area contributed by atoms with Crippen LogP contribution in [-0.2, 0) is 34.1 Å². The highest BCUT2D eigenvalue weighted by Gasteiger charge is 2.31. The van der Waals surface area contributed by atoms with E-state index >= 15 is 0 Å². The third-order valence-electron chi connectivity index (χ3n) is 6.24. The van der Waals surface area contributed by atoms with Gasteiger partial charge in [-0.05, 0) is 60.9 Å². The number of aromatic nitrogens is 1. The Morgan fingerprint density at radius 1 is 1.12 bits per heavy atom. The van der Waals surface area contributed by atoms with Crippen molar-refractivity contribution in [1.29, 1.82) is 0 Å². The van der Waals surface area contributed by atoms with Gasteiger partial charge in [0.2, 0.25) is 21.8 Å². The van der Waals surface area contributed by atoms with Crippen molar-refractivity contribution >= 4 is 27.3 Å². The molecule has 0 bridgehead atoms. The number of fused-ring (bicyclic) bond motifs is 1. The number of nitrogens with zero attached hydrogens (tertiary/aromatic N) is 3. The molecule has 7 nitrogen and oxygen atoms in total. The van der Waals surface area contributed by atoms with Crippen LogP contribution in [0.2, 0.25) is 0 Å². The van der Waals surface area contributed by atoms with E-state index < -0.39 is 10.0 Å². The molecule has 32 heavy (non-hydrogen) atoms. The lowest BCUT2D eigenvalue weighted by Gasteiger charge is -2.34. The predicted molar refractivity (Wildman–Crippen MR) is 122 cm³/mol. The van der Waals surface area contributed by atoms with Crippen molar-refractivity contribution in [2.24, 2.45) is 0 Å². The molecule has 0 saturated carbocycles. The quantitative estimate of drug-likeness (QED) is 0.570. The third-order valence-corrected chi connectivity index (χ3v) is 8.99. The van der Waals surface area contributed by atoms with Crippen LogP contribution in [0.25, 0.3) is 10.8 Å². The van der Waals surface area contributed by atoms with Crippen LogP contribution >= 0.6 is 11.3 Å². The normalized spacial score (nSPS) is 17.0. The number of sulfonamides is 1. The molecule has 1 fully saturated rings. The molecule has 3 aromatic rings. The van der Waals surface area contributed by atoms with Gasteiger partial charge in [0.05, 0.1) is 21.9 Å². The van der Waals surface area contributed by atoms with Gasteiger partial charge in [-0.3, -0.25) is 4.79 Å². The highest BCUT2D eigenvalue weighted by atomic mass is 32.2. The van der Waals surface area contributed by atoms with Crippen LogP contribution in [0.15, 0.2) is 45.0 Å². The van der Waals surface area contributed by atoms with Gasteiger partial charge in [0, 0.05) is 26.2 Å². The molecule has 0 radical (unpaired) electrons. The molecule has 0 spiro atoms. The van der Waals surface area contributed by atoms with Gasteiger partial charge in [-0.15, -0.1) is 11.3 Å². The number of rotatable bonds is 5. The number of carbonyl (C=O) groups is 1. The van der Waals surface area contributed by atoms with E-state index in [1.807, 2.05) is 36.6 Å². The summed E-state index contributed by atoms with van der Waals surface area (Å²) in [7, 11) is -3.55. The minimum atomic E-state index is -3.55. The minimum absolute atomic E-state index is 0.0614. The second-order valence-corrected chi connectivity index (χ2v) is 11.1. The average Bonchev–Trinajstić information content (AvgIpc) is 3.55. The van der Waals surface area contributed by atoms with Gasteiger partial charge in [0.25, 0.3) is 0 Å². The summed E-state index contributed by atoms with van der Waals surface area (Å²) < 4.78 is 33.5. The van der Waals surface area contributed by atoms with Crippen LogP contribution in [-0.4, -0.2) is 54.7 Å². The van der Waals surface area contributed by atoms with Crippen LogP contribution in [0, 0.1) is 6.92 Å². The molecule has 0 unspecified atom stereocenters. The summed E-state index contributed by atoms with van der Waals surface area (Å²) in [5, 5.41) is 1.95. The van der Waals surface area contributed by atoms with E-state index in [1.165, 1.54) is 21.2 Å². The van der Waals surface area contributed by atoms with Gasteiger partial charge in [-0.1, -0.05) is 12.1 Å². The monoisotopic (exact) mass is 471 g/mol. The van der Waals surface area contributed by atoms with Gasteiger partial charge >= 0.3 is 0 Å². The molecule has 1 saturated heterocycles. The molecular formula is C23H25N3O4S2. The van der Waals surface area contributed by atoms with Crippen molar-refractivity contribution in [3.05, 3.63) is 58.3 Å². The Labute approximate surface area is 191 Å². The van der Waals surface area contributed by atoms with E-state index in [4.69, 9.17) is 4.42 Å². The fourth-order valence-corrected chi connectivity index (χ4v) is 6.51. The summed E-state index contributed by atoms with van der Waals surface area (Å²) in [5.74, 6) is 1.11. The number of amides is 1. The fourth-order valence-electron chi connectivity index (χ4n) is 4.39. The molecule has 0 N–H and O–H groups in total. The zero-order valence-corrected chi connectivity index (χ0v) is 19.5. The number of thiophene rings is 1. The predicted octanol–water partition coefficient (Wildman–Crippen LogP) is 3.28. The Morgan fingerprint density at radius 2 is 1.91 bits per heavy atom. The summed E-state index contributed by atoms with van der Waals surface area (Å²) in [6, 6.07) is 9.35. The lowest BCUT2D eigenvalue weighted by molar-refractivity contribution is -0.131. The summed E-state index contributed by atoms with van der Waals surface area (Å²) in [4.78, 5) is 20.4. The van der Waals surface area contributed by atoms with Gasteiger partial charge < -0.3 is 9.32 Å². The maximum atomic E-state index is 13.1. The maximum Gasteiger partial charge on any atom is 0.243 e. The van der Waals surface area contributed by atoms with Crippen molar-refractivity contribution < 1.29 is 17.6 Å². The summed E-state index contributed by atoms with van der Waals surface area (Å²) >= 11 is 1.54. The summed E-state index contributed by atoms with van der Waals surface area (Å²) in [5.41, 5.74) is 3.03. The van der Waals surface area contributed by atoms with E-state index in [9.17, 15) is 13.2 Å². The highest BCUT2D eigenvalue weighted by molar-refractivity contribution is 7.89. The molecular weight excluding hydrogens is 446 g/mol. The van der Waals surface area contributed by atoms with Crippen molar-refractivity contribution in [3.63, 3.8) is 0 Å². The van der Waals surface area contributed by atoms with Gasteiger partial charge in [-0.25, -0.2) is 13.4 Å². The average molecular weight is 472 g/mol. The number of hydrogen-bond donors (Lipinski definition) is 0. The number of aryl methyl sites for hydroxylation is 3. The molecule has 168 valence electrons. The van der Waals surface area contributed by atoms with Gasteiger partial charge in [-0.2, -0.15) is 4.31 Å². The summed E-state index contributed by atoms with van der Waals surface area (Å²) in [6.45, 7) is 3.15. The molecule has 1 amide bonds. The Kier molecular flexibility index (Phi) is 5.65. The van der Waals surface area contributed by atoms with Crippen LogP contribution in [0.3, 0.4) is 0 Å². The first kappa shape index (κ1) is 21.4. The maximum absolute atomic E-state index is 13.1. The molecule has 5 rings (SSSR count). The molecule has 0 atom stereocenters. The van der Waals surface area contributed by atoms with E-state index in [1.54, 1.807) is 11.0 Å². The van der Waals surface area contributed by atoms with E-state index in [2.05, 4.69) is 4.98 Å². The SMILES string of the molecule is Cc1oc(-c2cccs2)nc1CC(=O)N1CCN(S(=O)(=O)c2ccc3c(c2)CCC3)CC1. The van der Waals surface area contributed by atoms with Crippen molar-refractivity contribution in [3.8, 4) is 10.8 Å². The molecule has 2 aliphatic rings. The third kappa shape index (κ3) is 4.00. The number of oxazole rings is 1. The van der Waals surface area contributed by atoms with Crippen molar-refractivity contribution in [2.45, 2.75) is 37.5 Å². The van der Waals surface area contributed by atoms with Crippen molar-refractivity contribution in [1.82, 2.24) is 14.2 Å². The topological polar surface area (TPSA) is 83.7 Å². The lowest BCUT2D eigenvalue weighted by atomic mass is 10.1. The zero-order chi connectivity index (χ0) is 22.3. The fraction of sp³-hybridized carbons (Fsp3) is 0.391.